The van der Waals surface area contributed by atoms with Crippen LogP contribution in [0.3, 0.4) is 0 Å². The summed E-state index contributed by atoms with van der Waals surface area (Å²) >= 11 is 1.26. The van der Waals surface area contributed by atoms with Gasteiger partial charge in [-0.05, 0) is 30.4 Å². The van der Waals surface area contributed by atoms with Crippen molar-refractivity contribution in [2.75, 3.05) is 11.1 Å². The summed E-state index contributed by atoms with van der Waals surface area (Å²) in [6.07, 6.45) is 3.19. The van der Waals surface area contributed by atoms with Crippen molar-refractivity contribution in [3.05, 3.63) is 40.5 Å². The summed E-state index contributed by atoms with van der Waals surface area (Å²) in [6.45, 7) is 6.10. The minimum absolute atomic E-state index is 0.0398. The van der Waals surface area contributed by atoms with Crippen LogP contribution in [-0.4, -0.2) is 31.4 Å². The maximum absolute atomic E-state index is 13.4. The second kappa shape index (κ2) is 8.59. The Morgan fingerprint density at radius 2 is 2.07 bits per heavy atom. The van der Waals surface area contributed by atoms with Crippen LogP contribution in [0.15, 0.2) is 38.6 Å². The molecular weight excluding hydrogens is 402 g/mol. The van der Waals surface area contributed by atoms with Crippen LogP contribution in [0.1, 0.15) is 45.0 Å². The second-order valence-corrected chi connectivity index (χ2v) is 8.83. The first-order valence-electron chi connectivity index (χ1n) is 10.2. The average Bonchev–Trinajstić information content (AvgIpc) is 3.13. The van der Waals surface area contributed by atoms with Crippen molar-refractivity contribution in [1.82, 2.24) is 19.7 Å². The van der Waals surface area contributed by atoms with Crippen molar-refractivity contribution >= 4 is 34.6 Å². The SMILES string of the molecule is Cc1nnc(NC(=O)CSc2nc3ccccc3c(=O)n2[C@@H]2CCC[C@H](C)[C@H]2C)o1. The fourth-order valence-corrected chi connectivity index (χ4v) is 4.92. The molecule has 1 aliphatic rings. The van der Waals surface area contributed by atoms with Crippen molar-refractivity contribution in [3.8, 4) is 0 Å². The first kappa shape index (κ1) is 20.6. The normalized spacial score (nSPS) is 21.6. The molecule has 8 nitrogen and oxygen atoms in total. The molecule has 0 spiro atoms. The lowest BCUT2D eigenvalue weighted by molar-refractivity contribution is -0.113. The summed E-state index contributed by atoms with van der Waals surface area (Å²) < 4.78 is 7.01. The number of hydrogen-bond acceptors (Lipinski definition) is 7. The van der Waals surface area contributed by atoms with E-state index in [0.717, 1.165) is 12.8 Å². The maximum atomic E-state index is 13.4. The molecule has 30 heavy (non-hydrogen) atoms. The Morgan fingerprint density at radius 1 is 1.27 bits per heavy atom. The van der Waals surface area contributed by atoms with Crippen molar-refractivity contribution in [3.63, 3.8) is 0 Å². The van der Waals surface area contributed by atoms with Gasteiger partial charge in [0, 0.05) is 13.0 Å². The molecule has 0 aliphatic heterocycles. The average molecular weight is 428 g/mol. The number of nitrogens with one attached hydrogen (secondary N) is 1. The number of benzene rings is 1. The van der Waals surface area contributed by atoms with E-state index in [1.54, 1.807) is 6.92 Å². The lowest BCUT2D eigenvalue weighted by Crippen LogP contribution is -2.35. The molecule has 9 heteroatoms. The molecule has 0 radical (unpaired) electrons. The standard InChI is InChI=1S/C21H25N5O3S/c1-12-7-6-10-17(13(12)2)26-19(28)15-8-4-5-9-16(15)22-21(26)30-11-18(27)23-20-25-24-14(3)29-20/h4-5,8-9,12-13,17H,6-7,10-11H2,1-3H3,(H,23,25,27)/t12-,13+,17+/m0/s1. The Morgan fingerprint density at radius 3 is 2.83 bits per heavy atom. The Balaban J connectivity index is 1.65. The number of carbonyl (C=O) groups is 1. The van der Waals surface area contributed by atoms with Crippen LogP contribution < -0.4 is 10.9 Å². The van der Waals surface area contributed by atoms with Crippen LogP contribution in [0.2, 0.25) is 0 Å². The fraction of sp³-hybridized carbons (Fsp3) is 0.476. The summed E-state index contributed by atoms with van der Waals surface area (Å²) in [5, 5.41) is 11.2. The van der Waals surface area contributed by atoms with Gasteiger partial charge in [-0.2, -0.15) is 0 Å². The summed E-state index contributed by atoms with van der Waals surface area (Å²) in [4.78, 5) is 30.5. The quantitative estimate of drug-likeness (QED) is 0.488. The van der Waals surface area contributed by atoms with E-state index in [4.69, 9.17) is 9.40 Å². The molecule has 2 heterocycles. The van der Waals surface area contributed by atoms with Gasteiger partial charge in [0.15, 0.2) is 5.16 Å². The molecule has 3 aromatic rings. The van der Waals surface area contributed by atoms with Crippen LogP contribution in [0.25, 0.3) is 10.9 Å². The van der Waals surface area contributed by atoms with Gasteiger partial charge in [0.1, 0.15) is 0 Å². The number of thioether (sulfide) groups is 1. The number of fused-ring (bicyclic) bond motifs is 1. The number of carbonyl (C=O) groups excluding carboxylic acids is 1. The molecule has 1 N–H and O–H groups in total. The maximum Gasteiger partial charge on any atom is 0.322 e. The highest BCUT2D eigenvalue weighted by molar-refractivity contribution is 7.99. The van der Waals surface area contributed by atoms with Crippen LogP contribution in [0, 0.1) is 18.8 Å². The third-order valence-electron chi connectivity index (χ3n) is 5.88. The molecule has 1 fully saturated rings. The van der Waals surface area contributed by atoms with Crippen molar-refractivity contribution in [1.29, 1.82) is 0 Å². The van der Waals surface area contributed by atoms with Crippen LogP contribution in [-0.2, 0) is 4.79 Å². The summed E-state index contributed by atoms with van der Waals surface area (Å²) in [5.74, 6) is 1.06. The van der Waals surface area contributed by atoms with Gasteiger partial charge in [0.05, 0.1) is 16.7 Å². The Kier molecular flexibility index (Phi) is 5.90. The molecule has 3 atom stereocenters. The van der Waals surface area contributed by atoms with Gasteiger partial charge in [-0.3, -0.25) is 19.5 Å². The van der Waals surface area contributed by atoms with E-state index in [9.17, 15) is 9.59 Å². The van der Waals surface area contributed by atoms with Gasteiger partial charge in [-0.25, -0.2) is 4.98 Å². The van der Waals surface area contributed by atoms with Crippen LogP contribution >= 0.6 is 11.8 Å². The number of aryl methyl sites for hydroxylation is 1. The summed E-state index contributed by atoms with van der Waals surface area (Å²) in [7, 11) is 0. The molecule has 1 aliphatic carbocycles. The first-order valence-corrected chi connectivity index (χ1v) is 11.2. The molecule has 158 valence electrons. The number of para-hydroxylation sites is 1. The zero-order valence-electron chi connectivity index (χ0n) is 17.3. The van der Waals surface area contributed by atoms with Gasteiger partial charge in [0.2, 0.25) is 11.8 Å². The molecule has 1 amide bonds. The Bertz CT molecular complexity index is 1130. The van der Waals surface area contributed by atoms with Gasteiger partial charge in [-0.15, -0.1) is 5.10 Å². The largest absolute Gasteiger partial charge is 0.408 e. The van der Waals surface area contributed by atoms with E-state index in [1.165, 1.54) is 18.2 Å². The minimum Gasteiger partial charge on any atom is -0.408 e. The number of nitrogens with zero attached hydrogens (tertiary/aromatic N) is 4. The van der Waals surface area contributed by atoms with Crippen LogP contribution in [0.5, 0.6) is 0 Å². The smallest absolute Gasteiger partial charge is 0.322 e. The van der Waals surface area contributed by atoms with Gasteiger partial charge in [0.25, 0.3) is 5.56 Å². The van der Waals surface area contributed by atoms with Crippen molar-refractivity contribution in [2.45, 2.75) is 51.2 Å². The molecule has 0 saturated heterocycles. The topological polar surface area (TPSA) is 103 Å². The predicted octanol–water partition coefficient (Wildman–Crippen LogP) is 3.82. The zero-order valence-corrected chi connectivity index (χ0v) is 18.1. The highest BCUT2D eigenvalue weighted by Crippen LogP contribution is 2.38. The van der Waals surface area contributed by atoms with Crippen LogP contribution in [0.4, 0.5) is 6.01 Å². The Labute approximate surface area is 178 Å². The fourth-order valence-electron chi connectivity index (χ4n) is 4.07. The first-order chi connectivity index (χ1) is 14.4. The number of rotatable bonds is 5. The van der Waals surface area contributed by atoms with Gasteiger partial charge >= 0.3 is 6.01 Å². The summed E-state index contributed by atoms with van der Waals surface area (Å²) in [6, 6.07) is 7.51. The van der Waals surface area contributed by atoms with Gasteiger partial charge in [-0.1, -0.05) is 55.7 Å². The lowest BCUT2D eigenvalue weighted by atomic mass is 9.78. The van der Waals surface area contributed by atoms with E-state index < -0.39 is 0 Å². The number of aromatic nitrogens is 4. The van der Waals surface area contributed by atoms with E-state index >= 15 is 0 Å². The molecule has 0 bridgehead atoms. The van der Waals surface area contributed by atoms with Crippen molar-refractivity contribution in [2.24, 2.45) is 11.8 Å². The molecule has 1 saturated carbocycles. The van der Waals surface area contributed by atoms with Gasteiger partial charge < -0.3 is 4.42 Å². The molecule has 4 rings (SSSR count). The summed E-state index contributed by atoms with van der Waals surface area (Å²) in [5.41, 5.74) is 0.604. The molecular formula is C21H25N5O3S. The van der Waals surface area contributed by atoms with E-state index in [-0.39, 0.29) is 29.3 Å². The molecule has 0 unspecified atom stereocenters. The van der Waals surface area contributed by atoms with E-state index in [1.807, 2.05) is 28.8 Å². The number of amides is 1. The number of anilines is 1. The lowest BCUT2D eigenvalue weighted by Gasteiger charge is -2.36. The van der Waals surface area contributed by atoms with E-state index in [2.05, 4.69) is 29.4 Å². The Hall–Kier alpha value is -2.68. The number of hydrogen-bond donors (Lipinski definition) is 1. The van der Waals surface area contributed by atoms with Crippen molar-refractivity contribution < 1.29 is 9.21 Å². The predicted molar refractivity (Wildman–Crippen MR) is 116 cm³/mol. The highest BCUT2D eigenvalue weighted by atomic mass is 32.2. The molecule has 1 aromatic carbocycles. The van der Waals surface area contributed by atoms with E-state index in [0.29, 0.717) is 33.8 Å². The monoisotopic (exact) mass is 427 g/mol. The third-order valence-corrected chi connectivity index (χ3v) is 6.83. The molecule has 2 aromatic heterocycles. The zero-order chi connectivity index (χ0) is 21.3. The highest BCUT2D eigenvalue weighted by Gasteiger charge is 2.31. The minimum atomic E-state index is -0.289. The third kappa shape index (κ3) is 4.12. The second-order valence-electron chi connectivity index (χ2n) is 7.88.